The summed E-state index contributed by atoms with van der Waals surface area (Å²) in [4.78, 5) is 28.3. The minimum Gasteiger partial charge on any atom is -1.00 e. The fourth-order valence-corrected chi connectivity index (χ4v) is 2.94. The number of anilines is 1. The number of quaternary nitrogens is 1. The van der Waals surface area contributed by atoms with Gasteiger partial charge in [-0.15, -0.1) is 0 Å². The number of hydrogen-bond acceptors (Lipinski definition) is 3. The van der Waals surface area contributed by atoms with E-state index < -0.39 is 5.97 Å². The van der Waals surface area contributed by atoms with Gasteiger partial charge in [0, 0.05) is 36.1 Å². The molecule has 0 unspecified atom stereocenters. The number of likely N-dealkylation sites (N-methyl/N-ethyl adjacent to an activating group) is 1. The number of halogens is 1. The molecular formula is C21H24IN3O3. The van der Waals surface area contributed by atoms with E-state index in [1.165, 1.54) is 11.8 Å². The van der Waals surface area contributed by atoms with Crippen molar-refractivity contribution in [1.29, 1.82) is 0 Å². The Balaban J connectivity index is 0.00000280. The number of benzene rings is 2. The molecule has 3 aromatic rings. The van der Waals surface area contributed by atoms with E-state index in [1.54, 1.807) is 24.3 Å². The first-order chi connectivity index (χ1) is 12.9. The molecule has 3 N–H and O–H groups in total. The highest BCUT2D eigenvalue weighted by Crippen LogP contribution is 2.29. The Bertz CT molecular complexity index is 965. The zero-order valence-corrected chi connectivity index (χ0v) is 18.3. The topological polar surface area (TPSA) is 75.6 Å². The summed E-state index contributed by atoms with van der Waals surface area (Å²) in [5, 5.41) is 3.62. The molecule has 0 bridgehead atoms. The maximum absolute atomic E-state index is 12.6. The molecule has 0 saturated carbocycles. The average Bonchev–Trinajstić information content (AvgIpc) is 3.04. The SMILES string of the molecule is CC(=O)Nc1ccc(C(=O)Oc2cccc3[nH]cc(CC[NH+](C)C)c23)cc1.[I-]. The smallest absolute Gasteiger partial charge is 0.343 e. The Morgan fingerprint density at radius 3 is 2.46 bits per heavy atom. The second-order valence-corrected chi connectivity index (χ2v) is 6.85. The zero-order valence-electron chi connectivity index (χ0n) is 16.1. The summed E-state index contributed by atoms with van der Waals surface area (Å²) in [5.41, 5.74) is 3.15. The number of H-pyrrole nitrogens is 1. The molecule has 0 aliphatic carbocycles. The number of carbonyl (C=O) groups excluding carboxylic acids is 2. The number of aromatic amines is 1. The minimum absolute atomic E-state index is 0. The van der Waals surface area contributed by atoms with Gasteiger partial charge >= 0.3 is 5.97 Å². The van der Waals surface area contributed by atoms with Gasteiger partial charge < -0.3 is 43.9 Å². The summed E-state index contributed by atoms with van der Waals surface area (Å²) in [6, 6.07) is 12.3. The van der Waals surface area contributed by atoms with Gasteiger partial charge in [-0.2, -0.15) is 0 Å². The van der Waals surface area contributed by atoms with Crippen LogP contribution in [0.15, 0.2) is 48.7 Å². The second-order valence-electron chi connectivity index (χ2n) is 6.85. The first kappa shape index (κ1) is 21.9. The fourth-order valence-electron chi connectivity index (χ4n) is 2.94. The van der Waals surface area contributed by atoms with Gasteiger partial charge in [0.2, 0.25) is 5.91 Å². The summed E-state index contributed by atoms with van der Waals surface area (Å²) in [7, 11) is 4.22. The molecule has 0 radical (unpaired) electrons. The van der Waals surface area contributed by atoms with Gasteiger partial charge in [0.15, 0.2) is 0 Å². The van der Waals surface area contributed by atoms with E-state index in [0.29, 0.717) is 17.0 Å². The number of nitrogens with one attached hydrogen (secondary N) is 3. The summed E-state index contributed by atoms with van der Waals surface area (Å²) < 4.78 is 5.69. The molecule has 0 fully saturated rings. The number of hydrogen-bond donors (Lipinski definition) is 3. The highest BCUT2D eigenvalue weighted by Gasteiger charge is 2.15. The molecule has 6 nitrogen and oxygen atoms in total. The highest BCUT2D eigenvalue weighted by molar-refractivity contribution is 5.96. The predicted molar refractivity (Wildman–Crippen MR) is 105 cm³/mol. The van der Waals surface area contributed by atoms with Crippen molar-refractivity contribution in [3.8, 4) is 5.75 Å². The normalized spacial score (nSPS) is 10.6. The molecule has 2 aromatic carbocycles. The third-order valence-corrected chi connectivity index (χ3v) is 4.29. The van der Waals surface area contributed by atoms with E-state index in [0.717, 1.165) is 29.4 Å². The van der Waals surface area contributed by atoms with Gasteiger partial charge in [0.1, 0.15) is 5.75 Å². The molecule has 148 valence electrons. The molecule has 7 heteroatoms. The lowest BCUT2D eigenvalue weighted by Gasteiger charge is -2.09. The Kier molecular flexibility index (Phi) is 7.59. The number of aromatic nitrogens is 1. The maximum Gasteiger partial charge on any atom is 0.343 e. The van der Waals surface area contributed by atoms with Gasteiger partial charge in [0.05, 0.1) is 26.2 Å². The molecule has 0 aliphatic rings. The van der Waals surface area contributed by atoms with Crippen LogP contribution in [0.3, 0.4) is 0 Å². The van der Waals surface area contributed by atoms with Crippen LogP contribution in [0.2, 0.25) is 0 Å². The largest absolute Gasteiger partial charge is 1.00 e. The van der Waals surface area contributed by atoms with E-state index in [2.05, 4.69) is 24.4 Å². The Morgan fingerprint density at radius 1 is 1.11 bits per heavy atom. The number of ether oxygens (including phenoxy) is 1. The molecular weight excluding hydrogens is 469 g/mol. The lowest BCUT2D eigenvalue weighted by atomic mass is 10.1. The van der Waals surface area contributed by atoms with Crippen LogP contribution in [0.1, 0.15) is 22.8 Å². The van der Waals surface area contributed by atoms with Crippen LogP contribution in [0.25, 0.3) is 10.9 Å². The number of fused-ring (bicyclic) bond motifs is 1. The van der Waals surface area contributed by atoms with E-state index >= 15 is 0 Å². The second kappa shape index (κ2) is 9.70. The Hall–Kier alpha value is -2.39. The lowest BCUT2D eigenvalue weighted by molar-refractivity contribution is -0.858. The summed E-state index contributed by atoms with van der Waals surface area (Å²) in [6.07, 6.45) is 2.87. The average molecular weight is 493 g/mol. The van der Waals surface area contributed by atoms with Crippen LogP contribution in [0, 0.1) is 0 Å². The van der Waals surface area contributed by atoms with Gasteiger partial charge in [-0.05, 0) is 42.0 Å². The first-order valence-electron chi connectivity index (χ1n) is 8.92. The molecule has 1 amide bonds. The fraction of sp³-hybridized carbons (Fsp3) is 0.238. The van der Waals surface area contributed by atoms with Crippen LogP contribution < -0.4 is 38.9 Å². The van der Waals surface area contributed by atoms with Crippen molar-refractivity contribution >= 4 is 28.5 Å². The van der Waals surface area contributed by atoms with Crippen LogP contribution in [-0.4, -0.2) is 37.5 Å². The molecule has 0 spiro atoms. The van der Waals surface area contributed by atoms with E-state index in [9.17, 15) is 9.59 Å². The zero-order chi connectivity index (χ0) is 19.4. The van der Waals surface area contributed by atoms with Gasteiger partial charge in [-0.1, -0.05) is 6.07 Å². The summed E-state index contributed by atoms with van der Waals surface area (Å²) in [6.45, 7) is 2.43. The summed E-state index contributed by atoms with van der Waals surface area (Å²) in [5.74, 6) is -0.0349. The molecule has 0 atom stereocenters. The molecule has 1 aromatic heterocycles. The summed E-state index contributed by atoms with van der Waals surface area (Å²) >= 11 is 0. The number of esters is 1. The van der Waals surface area contributed by atoms with Crippen molar-refractivity contribution in [3.63, 3.8) is 0 Å². The third-order valence-electron chi connectivity index (χ3n) is 4.29. The maximum atomic E-state index is 12.6. The highest BCUT2D eigenvalue weighted by atomic mass is 127. The Morgan fingerprint density at radius 2 is 1.82 bits per heavy atom. The van der Waals surface area contributed by atoms with Crippen LogP contribution in [0.4, 0.5) is 5.69 Å². The van der Waals surface area contributed by atoms with E-state index in [-0.39, 0.29) is 29.9 Å². The van der Waals surface area contributed by atoms with E-state index in [4.69, 9.17) is 4.74 Å². The molecule has 1 heterocycles. The monoisotopic (exact) mass is 493 g/mol. The Labute approximate surface area is 181 Å². The van der Waals surface area contributed by atoms with Crippen molar-refractivity contribution in [2.24, 2.45) is 0 Å². The van der Waals surface area contributed by atoms with Crippen molar-refractivity contribution in [2.75, 3.05) is 26.0 Å². The van der Waals surface area contributed by atoms with Crippen molar-refractivity contribution < 1.29 is 43.2 Å². The van der Waals surface area contributed by atoms with Crippen molar-refractivity contribution in [2.45, 2.75) is 13.3 Å². The number of rotatable bonds is 6. The predicted octanol–water partition coefficient (Wildman–Crippen LogP) is -0.963. The quantitative estimate of drug-likeness (QED) is 0.235. The molecule has 3 rings (SSSR count). The lowest BCUT2D eigenvalue weighted by Crippen LogP contribution is -3.05. The molecule has 0 aliphatic heterocycles. The standard InChI is InChI=1S/C21H23N3O3.HI/c1-14(25)23-17-9-7-15(8-10-17)21(26)27-19-6-4-5-18-20(19)16(13-22-18)11-12-24(2)3;/h4-10,13,22H,11-12H2,1-3H3,(H,23,25);1H. The minimum atomic E-state index is -0.428. The van der Waals surface area contributed by atoms with Crippen LogP contribution >= 0.6 is 0 Å². The van der Waals surface area contributed by atoms with Crippen LogP contribution in [-0.2, 0) is 11.2 Å². The number of carbonyl (C=O) groups is 2. The van der Waals surface area contributed by atoms with E-state index in [1.807, 2.05) is 24.4 Å². The number of amides is 1. The molecule has 0 saturated heterocycles. The third kappa shape index (κ3) is 5.32. The van der Waals surface area contributed by atoms with Crippen molar-refractivity contribution in [3.05, 3.63) is 59.8 Å². The van der Waals surface area contributed by atoms with Gasteiger partial charge in [0.25, 0.3) is 0 Å². The van der Waals surface area contributed by atoms with Gasteiger partial charge in [-0.3, -0.25) is 4.79 Å². The van der Waals surface area contributed by atoms with Gasteiger partial charge in [-0.25, -0.2) is 4.79 Å². The molecule has 28 heavy (non-hydrogen) atoms. The van der Waals surface area contributed by atoms with Crippen molar-refractivity contribution in [1.82, 2.24) is 4.98 Å². The first-order valence-corrected chi connectivity index (χ1v) is 8.92. The van der Waals surface area contributed by atoms with Crippen LogP contribution in [0.5, 0.6) is 5.75 Å².